The zero-order valence-electron chi connectivity index (χ0n) is 13.7. The molecule has 124 valence electrons. The Kier molecular flexibility index (Phi) is 3.24. The van der Waals surface area contributed by atoms with Gasteiger partial charge in [-0.3, -0.25) is 24.1 Å². The Hall–Kier alpha value is -2.30. The van der Waals surface area contributed by atoms with Gasteiger partial charge >= 0.3 is 0 Å². The summed E-state index contributed by atoms with van der Waals surface area (Å²) in [5.74, 6) is -3.39. The minimum absolute atomic E-state index is 0.0159. The summed E-state index contributed by atoms with van der Waals surface area (Å²) in [6.45, 7) is 2.00. The van der Waals surface area contributed by atoms with E-state index in [2.05, 4.69) is 0 Å². The normalized spacial score (nSPS) is 34.9. The maximum atomic E-state index is 12.9. The number of carbonyl (C=O) groups excluding carboxylic acids is 4. The molecule has 2 amide bonds. The largest absolute Gasteiger partial charge is 0.299 e. The average Bonchev–Trinajstić information content (AvgIpc) is 2.69. The lowest BCUT2D eigenvalue weighted by molar-refractivity contribution is -0.164. The smallest absolute Gasteiger partial charge is 0.233 e. The van der Waals surface area contributed by atoms with Gasteiger partial charge in [0.05, 0.1) is 11.8 Å². The van der Waals surface area contributed by atoms with Gasteiger partial charge in [-0.15, -0.1) is 0 Å². The van der Waals surface area contributed by atoms with Crippen molar-refractivity contribution in [1.82, 2.24) is 4.90 Å². The zero-order chi connectivity index (χ0) is 17.2. The fourth-order valence-electron chi connectivity index (χ4n) is 4.61. The van der Waals surface area contributed by atoms with Crippen molar-refractivity contribution in [3.8, 4) is 0 Å². The van der Waals surface area contributed by atoms with E-state index in [4.69, 9.17) is 0 Å². The lowest BCUT2D eigenvalue weighted by Crippen LogP contribution is -2.60. The minimum atomic E-state index is -0.607. The van der Waals surface area contributed by atoms with Crippen LogP contribution in [-0.2, 0) is 25.6 Å². The van der Waals surface area contributed by atoms with E-state index in [9.17, 15) is 19.2 Å². The second kappa shape index (κ2) is 5.10. The SMILES string of the molecule is Cc1ccc(CC2CC(=O)C3C(C2=O)C2C(=O)N(C)C(=O)C32)cc1. The molecule has 0 aromatic heterocycles. The van der Waals surface area contributed by atoms with Gasteiger partial charge in [0.1, 0.15) is 11.6 Å². The molecule has 0 spiro atoms. The van der Waals surface area contributed by atoms with Crippen molar-refractivity contribution in [3.63, 3.8) is 0 Å². The first kappa shape index (κ1) is 15.2. The first-order chi connectivity index (χ1) is 11.4. The summed E-state index contributed by atoms with van der Waals surface area (Å²) in [6, 6.07) is 7.92. The predicted molar refractivity (Wildman–Crippen MR) is 84.7 cm³/mol. The van der Waals surface area contributed by atoms with Crippen molar-refractivity contribution in [2.24, 2.45) is 29.6 Å². The lowest BCUT2D eigenvalue weighted by atomic mass is 9.50. The molecule has 5 heteroatoms. The number of hydrogen-bond donors (Lipinski definition) is 0. The van der Waals surface area contributed by atoms with Crippen LogP contribution in [0.3, 0.4) is 0 Å². The molecule has 5 atom stereocenters. The number of rotatable bonds is 2. The molecule has 1 aromatic carbocycles. The van der Waals surface area contributed by atoms with E-state index in [0.29, 0.717) is 6.42 Å². The van der Waals surface area contributed by atoms with Crippen molar-refractivity contribution in [3.05, 3.63) is 35.4 Å². The Morgan fingerprint density at radius 1 is 0.917 bits per heavy atom. The maximum Gasteiger partial charge on any atom is 0.233 e. The van der Waals surface area contributed by atoms with Crippen LogP contribution in [0.25, 0.3) is 0 Å². The Labute approximate surface area is 140 Å². The van der Waals surface area contributed by atoms with E-state index < -0.39 is 23.7 Å². The summed E-state index contributed by atoms with van der Waals surface area (Å²) in [5, 5.41) is 0. The van der Waals surface area contributed by atoms with Gasteiger partial charge in [-0.1, -0.05) is 29.8 Å². The van der Waals surface area contributed by atoms with E-state index in [0.717, 1.165) is 16.0 Å². The molecule has 0 radical (unpaired) electrons. The summed E-state index contributed by atoms with van der Waals surface area (Å²) >= 11 is 0. The highest BCUT2D eigenvalue weighted by Gasteiger charge is 2.69. The number of imide groups is 1. The number of Topliss-reactive ketones (excluding diaryl/α,β-unsaturated/α-hetero) is 2. The van der Waals surface area contributed by atoms with Crippen LogP contribution in [0.1, 0.15) is 17.5 Å². The number of nitrogens with zero attached hydrogens (tertiary/aromatic N) is 1. The Morgan fingerprint density at radius 3 is 2.12 bits per heavy atom. The standard InChI is InChI=1S/C19H19NO4/c1-9-3-5-10(6-4-9)7-11-8-12(21)13-14(17(11)22)16-15(13)18(23)20(2)19(16)24/h3-6,11,13-16H,7-8H2,1-2H3. The van der Waals surface area contributed by atoms with Gasteiger partial charge in [0, 0.05) is 31.2 Å². The van der Waals surface area contributed by atoms with Gasteiger partial charge in [-0.25, -0.2) is 0 Å². The van der Waals surface area contributed by atoms with Crippen molar-refractivity contribution in [2.75, 3.05) is 7.05 Å². The average molecular weight is 325 g/mol. The van der Waals surface area contributed by atoms with Gasteiger partial charge < -0.3 is 0 Å². The first-order valence-corrected chi connectivity index (χ1v) is 8.33. The Morgan fingerprint density at radius 2 is 1.50 bits per heavy atom. The van der Waals surface area contributed by atoms with Crippen molar-refractivity contribution >= 4 is 23.4 Å². The zero-order valence-corrected chi connectivity index (χ0v) is 13.7. The number of aryl methyl sites for hydroxylation is 1. The molecule has 3 fully saturated rings. The molecule has 1 heterocycles. The molecule has 0 bridgehead atoms. The summed E-state index contributed by atoms with van der Waals surface area (Å²) < 4.78 is 0. The minimum Gasteiger partial charge on any atom is -0.299 e. The third-order valence-corrected chi connectivity index (χ3v) is 5.93. The van der Waals surface area contributed by atoms with Crippen LogP contribution in [-0.4, -0.2) is 35.3 Å². The second-order valence-electron chi connectivity index (χ2n) is 7.30. The Balaban J connectivity index is 1.59. The number of fused-ring (bicyclic) bond motifs is 4. The molecule has 1 saturated heterocycles. The highest BCUT2D eigenvalue weighted by molar-refractivity contribution is 6.14. The molecule has 24 heavy (non-hydrogen) atoms. The molecule has 4 rings (SSSR count). The van der Waals surface area contributed by atoms with Crippen LogP contribution in [0.5, 0.6) is 0 Å². The molecular weight excluding hydrogens is 306 g/mol. The summed E-state index contributed by atoms with van der Waals surface area (Å²) in [5.41, 5.74) is 2.16. The monoisotopic (exact) mass is 325 g/mol. The van der Waals surface area contributed by atoms with Crippen molar-refractivity contribution in [1.29, 1.82) is 0 Å². The molecule has 1 aliphatic heterocycles. The molecule has 0 N–H and O–H groups in total. The fourth-order valence-corrected chi connectivity index (χ4v) is 4.61. The maximum absolute atomic E-state index is 12.9. The molecule has 1 aromatic rings. The summed E-state index contributed by atoms with van der Waals surface area (Å²) in [6.07, 6.45) is 0.700. The van der Waals surface area contributed by atoms with Crippen molar-refractivity contribution in [2.45, 2.75) is 19.8 Å². The topological polar surface area (TPSA) is 71.5 Å². The van der Waals surface area contributed by atoms with E-state index in [1.165, 1.54) is 7.05 Å². The van der Waals surface area contributed by atoms with Crippen LogP contribution >= 0.6 is 0 Å². The van der Waals surface area contributed by atoms with Crippen LogP contribution in [0.4, 0.5) is 0 Å². The third kappa shape index (κ3) is 1.93. The predicted octanol–water partition coefficient (Wildman–Crippen LogP) is 1.17. The van der Waals surface area contributed by atoms with E-state index in [1.54, 1.807) is 0 Å². The molecule has 5 unspecified atom stereocenters. The van der Waals surface area contributed by atoms with E-state index in [-0.39, 0.29) is 35.7 Å². The van der Waals surface area contributed by atoms with Crippen LogP contribution in [0.15, 0.2) is 24.3 Å². The quantitative estimate of drug-likeness (QED) is 0.765. The fraction of sp³-hybridized carbons (Fsp3) is 0.474. The Bertz CT molecular complexity index is 760. The van der Waals surface area contributed by atoms with Gasteiger partial charge in [0.15, 0.2) is 0 Å². The highest BCUT2D eigenvalue weighted by Crippen LogP contribution is 2.56. The van der Waals surface area contributed by atoms with Crippen LogP contribution in [0, 0.1) is 36.5 Å². The molecule has 3 aliphatic rings. The number of hydrogen-bond acceptors (Lipinski definition) is 4. The van der Waals surface area contributed by atoms with Gasteiger partial charge in [0.2, 0.25) is 11.8 Å². The van der Waals surface area contributed by atoms with E-state index >= 15 is 0 Å². The molecular formula is C19H19NO4. The van der Waals surface area contributed by atoms with E-state index in [1.807, 2.05) is 31.2 Å². The summed E-state index contributed by atoms with van der Waals surface area (Å²) in [4.78, 5) is 50.8. The number of ketones is 2. The van der Waals surface area contributed by atoms with Gasteiger partial charge in [-0.2, -0.15) is 0 Å². The number of likely N-dealkylation sites (tertiary alicyclic amines) is 1. The number of benzene rings is 1. The third-order valence-electron chi connectivity index (χ3n) is 5.93. The first-order valence-electron chi connectivity index (χ1n) is 8.33. The van der Waals surface area contributed by atoms with Crippen LogP contribution in [0.2, 0.25) is 0 Å². The second-order valence-corrected chi connectivity index (χ2v) is 7.30. The highest BCUT2D eigenvalue weighted by atomic mass is 16.2. The van der Waals surface area contributed by atoms with Crippen LogP contribution < -0.4 is 0 Å². The molecule has 2 aliphatic carbocycles. The van der Waals surface area contributed by atoms with Gasteiger partial charge in [0.25, 0.3) is 0 Å². The van der Waals surface area contributed by atoms with Gasteiger partial charge in [-0.05, 0) is 18.9 Å². The molecule has 2 saturated carbocycles. The number of amides is 2. The van der Waals surface area contributed by atoms with Crippen molar-refractivity contribution < 1.29 is 19.2 Å². The lowest BCUT2D eigenvalue weighted by Gasteiger charge is -2.48. The summed E-state index contributed by atoms with van der Waals surface area (Å²) in [7, 11) is 1.44. The molecule has 5 nitrogen and oxygen atoms in total. The number of carbonyl (C=O) groups is 4.